The smallest absolute Gasteiger partial charge is 0.264 e. The van der Waals surface area contributed by atoms with E-state index in [1.807, 2.05) is 68.4 Å². The molecular formula is C35H37Cl2N3O4S. The number of carbonyl (C=O) groups excluding carboxylic acids is 2. The summed E-state index contributed by atoms with van der Waals surface area (Å²) in [6.45, 7) is 3.96. The highest BCUT2D eigenvalue weighted by Gasteiger charge is 2.34. The molecule has 4 rings (SSSR count). The van der Waals surface area contributed by atoms with Gasteiger partial charge in [0.15, 0.2) is 0 Å². The van der Waals surface area contributed by atoms with Crippen molar-refractivity contribution in [3.05, 3.63) is 130 Å². The molecule has 0 saturated carbocycles. The summed E-state index contributed by atoms with van der Waals surface area (Å²) in [6.07, 6.45) is 1.92. The van der Waals surface area contributed by atoms with Gasteiger partial charge in [0.05, 0.1) is 10.6 Å². The monoisotopic (exact) mass is 665 g/mol. The molecule has 4 aromatic rings. The van der Waals surface area contributed by atoms with Gasteiger partial charge in [-0.05, 0) is 54.8 Å². The van der Waals surface area contributed by atoms with Gasteiger partial charge >= 0.3 is 0 Å². The number of amides is 2. The van der Waals surface area contributed by atoms with E-state index in [9.17, 15) is 18.0 Å². The molecule has 1 unspecified atom stereocenters. The molecule has 1 atom stereocenters. The Hall–Kier alpha value is -3.85. The maximum absolute atomic E-state index is 14.5. The Kier molecular flexibility index (Phi) is 12.0. The first kappa shape index (κ1) is 34.0. The van der Waals surface area contributed by atoms with Gasteiger partial charge < -0.3 is 10.2 Å². The number of nitrogens with zero attached hydrogens (tertiary/aromatic N) is 2. The van der Waals surface area contributed by atoms with Crippen LogP contribution in [0.15, 0.2) is 108 Å². The molecule has 0 aliphatic rings. The molecule has 45 heavy (non-hydrogen) atoms. The van der Waals surface area contributed by atoms with Gasteiger partial charge in [-0.15, -0.1) is 0 Å². The van der Waals surface area contributed by atoms with Crippen molar-refractivity contribution in [3.63, 3.8) is 0 Å². The van der Waals surface area contributed by atoms with Gasteiger partial charge in [0.1, 0.15) is 12.6 Å². The molecular weight excluding hydrogens is 629 g/mol. The number of nitrogens with one attached hydrogen (secondary N) is 1. The molecule has 0 radical (unpaired) electrons. The molecule has 0 spiro atoms. The van der Waals surface area contributed by atoms with Gasteiger partial charge in [-0.3, -0.25) is 13.9 Å². The van der Waals surface area contributed by atoms with E-state index >= 15 is 0 Å². The van der Waals surface area contributed by atoms with E-state index in [1.165, 1.54) is 35.2 Å². The molecule has 0 saturated heterocycles. The molecule has 2 amide bonds. The predicted octanol–water partition coefficient (Wildman–Crippen LogP) is 7.05. The Labute approximate surface area is 275 Å². The molecule has 7 nitrogen and oxygen atoms in total. The number of aryl methyl sites for hydroxylation is 1. The lowest BCUT2D eigenvalue weighted by Gasteiger charge is -2.34. The molecule has 0 fully saturated rings. The van der Waals surface area contributed by atoms with Crippen LogP contribution in [0.2, 0.25) is 10.0 Å². The third-order valence-corrected chi connectivity index (χ3v) is 9.54. The lowest BCUT2D eigenvalue weighted by atomic mass is 10.0. The van der Waals surface area contributed by atoms with Crippen molar-refractivity contribution in [2.45, 2.75) is 50.6 Å². The van der Waals surface area contributed by atoms with E-state index in [1.54, 1.807) is 18.2 Å². The average Bonchev–Trinajstić information content (AvgIpc) is 3.02. The van der Waals surface area contributed by atoms with E-state index in [0.29, 0.717) is 6.54 Å². The zero-order valence-corrected chi connectivity index (χ0v) is 27.7. The Morgan fingerprint density at radius 3 is 2.02 bits per heavy atom. The van der Waals surface area contributed by atoms with E-state index in [4.69, 9.17) is 23.2 Å². The fraction of sp³-hybridized carbons (Fsp3) is 0.257. The normalized spacial score (nSPS) is 11.9. The van der Waals surface area contributed by atoms with Crippen LogP contribution in [0, 0.1) is 6.92 Å². The van der Waals surface area contributed by atoms with Crippen LogP contribution >= 0.6 is 23.2 Å². The molecule has 0 heterocycles. The maximum Gasteiger partial charge on any atom is 0.264 e. The van der Waals surface area contributed by atoms with Crippen LogP contribution in [0.1, 0.15) is 36.5 Å². The van der Waals surface area contributed by atoms with Gasteiger partial charge in [0.2, 0.25) is 11.8 Å². The Morgan fingerprint density at radius 2 is 1.42 bits per heavy atom. The van der Waals surface area contributed by atoms with Crippen molar-refractivity contribution < 1.29 is 18.0 Å². The molecule has 4 aromatic carbocycles. The van der Waals surface area contributed by atoms with E-state index in [-0.39, 0.29) is 39.5 Å². The largest absolute Gasteiger partial charge is 0.354 e. The quantitative estimate of drug-likeness (QED) is 0.146. The third kappa shape index (κ3) is 9.33. The zero-order valence-electron chi connectivity index (χ0n) is 25.3. The van der Waals surface area contributed by atoms with E-state index in [2.05, 4.69) is 5.32 Å². The maximum atomic E-state index is 14.5. The number of hydrogen-bond acceptors (Lipinski definition) is 4. The van der Waals surface area contributed by atoms with Crippen molar-refractivity contribution in [3.8, 4) is 0 Å². The van der Waals surface area contributed by atoms with Crippen LogP contribution in [0.3, 0.4) is 0 Å². The molecule has 0 aromatic heterocycles. The average molecular weight is 667 g/mol. The highest BCUT2D eigenvalue weighted by Crippen LogP contribution is 2.30. The van der Waals surface area contributed by atoms with Crippen molar-refractivity contribution in [1.82, 2.24) is 10.2 Å². The highest BCUT2D eigenvalue weighted by atomic mass is 35.5. The van der Waals surface area contributed by atoms with Crippen LogP contribution in [0.5, 0.6) is 0 Å². The van der Waals surface area contributed by atoms with Crippen LogP contribution in [-0.4, -0.2) is 44.3 Å². The summed E-state index contributed by atoms with van der Waals surface area (Å²) >= 11 is 12.6. The summed E-state index contributed by atoms with van der Waals surface area (Å²) in [5.74, 6) is -0.867. The second-order valence-corrected chi connectivity index (χ2v) is 13.5. The number of halogens is 2. The number of benzene rings is 4. The third-order valence-electron chi connectivity index (χ3n) is 7.32. The number of carbonyl (C=O) groups is 2. The summed E-state index contributed by atoms with van der Waals surface area (Å²) in [7, 11) is -4.25. The van der Waals surface area contributed by atoms with E-state index < -0.39 is 28.5 Å². The first-order valence-electron chi connectivity index (χ1n) is 14.8. The number of anilines is 1. The summed E-state index contributed by atoms with van der Waals surface area (Å²) in [4.78, 5) is 29.8. The molecule has 10 heteroatoms. The fourth-order valence-electron chi connectivity index (χ4n) is 4.88. The van der Waals surface area contributed by atoms with Crippen molar-refractivity contribution in [2.75, 3.05) is 17.4 Å². The minimum absolute atomic E-state index is 0.00266. The molecule has 0 aliphatic carbocycles. The standard InChI is InChI=1S/C35H37Cl2N3O4S/c1-3-4-19-38-35(42)33(20-27-11-7-5-8-12-27)39(24-28-17-15-26(2)16-18-28)34(41)25-40(31-22-29(36)21-30(37)23-31)45(43,44)32-13-9-6-10-14-32/h5-18,21-23,33H,3-4,19-20,24-25H2,1-2H3,(H,38,42). The van der Waals surface area contributed by atoms with Crippen LogP contribution in [0.25, 0.3) is 0 Å². The lowest BCUT2D eigenvalue weighted by molar-refractivity contribution is -0.140. The van der Waals surface area contributed by atoms with Crippen molar-refractivity contribution in [2.24, 2.45) is 0 Å². The van der Waals surface area contributed by atoms with Gasteiger partial charge in [-0.2, -0.15) is 0 Å². The summed E-state index contributed by atoms with van der Waals surface area (Å²) < 4.78 is 29.1. The summed E-state index contributed by atoms with van der Waals surface area (Å²) in [5, 5.41) is 3.42. The minimum atomic E-state index is -4.25. The van der Waals surface area contributed by atoms with Gasteiger partial charge in [0, 0.05) is 29.6 Å². The molecule has 0 bridgehead atoms. The SMILES string of the molecule is CCCCNC(=O)C(Cc1ccccc1)N(Cc1ccc(C)cc1)C(=O)CN(c1cc(Cl)cc(Cl)c1)S(=O)(=O)c1ccccc1. The Bertz CT molecular complexity index is 1670. The first-order chi connectivity index (χ1) is 21.6. The first-order valence-corrected chi connectivity index (χ1v) is 17.0. The van der Waals surface area contributed by atoms with Crippen molar-refractivity contribution in [1.29, 1.82) is 0 Å². The topological polar surface area (TPSA) is 86.8 Å². The molecule has 1 N–H and O–H groups in total. The van der Waals surface area contributed by atoms with Crippen LogP contribution in [-0.2, 0) is 32.6 Å². The van der Waals surface area contributed by atoms with Crippen molar-refractivity contribution >= 4 is 50.7 Å². The van der Waals surface area contributed by atoms with Gasteiger partial charge in [-0.1, -0.05) is 115 Å². The second kappa shape index (κ2) is 15.9. The summed E-state index contributed by atoms with van der Waals surface area (Å²) in [6, 6.07) is 28.4. The second-order valence-electron chi connectivity index (χ2n) is 10.8. The van der Waals surface area contributed by atoms with Gasteiger partial charge in [-0.25, -0.2) is 8.42 Å². The Morgan fingerprint density at radius 1 is 0.822 bits per heavy atom. The van der Waals surface area contributed by atoms with Crippen LogP contribution in [0.4, 0.5) is 5.69 Å². The predicted molar refractivity (Wildman–Crippen MR) is 181 cm³/mol. The lowest BCUT2D eigenvalue weighted by Crippen LogP contribution is -2.53. The molecule has 236 valence electrons. The van der Waals surface area contributed by atoms with Crippen LogP contribution < -0.4 is 9.62 Å². The van der Waals surface area contributed by atoms with E-state index in [0.717, 1.165) is 33.8 Å². The number of unbranched alkanes of at least 4 members (excludes halogenated alkanes) is 1. The number of hydrogen-bond donors (Lipinski definition) is 1. The summed E-state index contributed by atoms with van der Waals surface area (Å²) in [5.41, 5.74) is 2.85. The number of sulfonamides is 1. The highest BCUT2D eigenvalue weighted by molar-refractivity contribution is 7.92. The fourth-order valence-corrected chi connectivity index (χ4v) is 6.82. The number of rotatable bonds is 14. The van der Waals surface area contributed by atoms with Gasteiger partial charge in [0.25, 0.3) is 10.0 Å². The minimum Gasteiger partial charge on any atom is -0.354 e. The Balaban J connectivity index is 1.80. The zero-order chi connectivity index (χ0) is 32.4. The molecule has 0 aliphatic heterocycles.